The molecule has 0 unspecified atom stereocenters. The Hall–Kier alpha value is -3.42. The van der Waals surface area contributed by atoms with Gasteiger partial charge in [0.2, 0.25) is 0 Å². The fraction of sp³-hybridized carbons (Fsp3) is 0.391. The lowest BCUT2D eigenvalue weighted by molar-refractivity contribution is 0.0204. The number of nitrogens with one attached hydrogen (secondary N) is 1. The minimum absolute atomic E-state index is 0.117. The van der Waals surface area contributed by atoms with E-state index >= 15 is 0 Å². The maximum absolute atomic E-state index is 12.4. The largest absolute Gasteiger partial charge is 0.444 e. The number of aromatic amines is 1. The van der Waals surface area contributed by atoms with E-state index in [0.29, 0.717) is 35.4 Å². The highest BCUT2D eigenvalue weighted by Gasteiger charge is 2.30. The first-order chi connectivity index (χ1) is 14.7. The highest BCUT2D eigenvalue weighted by Crippen LogP contribution is 2.33. The summed E-state index contributed by atoms with van der Waals surface area (Å²) < 4.78 is 5.48. The molecule has 0 spiro atoms. The molecular weight excluding hydrogens is 394 g/mol. The number of likely N-dealkylation sites (tertiary alicyclic amines) is 1. The summed E-state index contributed by atoms with van der Waals surface area (Å²) in [6.07, 6.45) is 1.18. The van der Waals surface area contributed by atoms with Gasteiger partial charge in [-0.1, -0.05) is 30.3 Å². The van der Waals surface area contributed by atoms with Gasteiger partial charge in [-0.3, -0.25) is 9.89 Å². The van der Waals surface area contributed by atoms with E-state index in [-0.39, 0.29) is 12.0 Å². The van der Waals surface area contributed by atoms with Crippen LogP contribution in [0.3, 0.4) is 0 Å². The summed E-state index contributed by atoms with van der Waals surface area (Å²) >= 11 is 0. The molecule has 0 saturated carbocycles. The quantitative estimate of drug-likeness (QED) is 0.667. The number of aromatic nitrogens is 3. The summed E-state index contributed by atoms with van der Waals surface area (Å²) in [6.45, 7) is 6.74. The molecule has 3 N–H and O–H groups in total. The Bertz CT molecular complexity index is 1110. The highest BCUT2D eigenvalue weighted by atomic mass is 16.6. The molecule has 0 bridgehead atoms. The Balaban J connectivity index is 1.63. The number of pyridine rings is 1. The van der Waals surface area contributed by atoms with Crippen LogP contribution in [0, 0.1) is 0 Å². The third kappa shape index (κ3) is 4.38. The standard InChI is InChI=1S/C23H27N5O3/c1-23(2,3)31-22(30)28-11-9-15(10-12-28)18-20-19(27-26-18)16(21(24)29)13-17(25-20)14-7-5-4-6-8-14/h4-8,13,15H,9-12H2,1-3H3,(H2,24,29)(H,26,27). The topological polar surface area (TPSA) is 114 Å². The van der Waals surface area contributed by atoms with Crippen LogP contribution in [0.4, 0.5) is 4.79 Å². The molecule has 3 heterocycles. The van der Waals surface area contributed by atoms with Crippen LogP contribution in [0.2, 0.25) is 0 Å². The van der Waals surface area contributed by atoms with E-state index < -0.39 is 11.5 Å². The van der Waals surface area contributed by atoms with Gasteiger partial charge in [-0.25, -0.2) is 9.78 Å². The molecule has 1 aliphatic heterocycles. The van der Waals surface area contributed by atoms with Crippen LogP contribution in [-0.2, 0) is 4.74 Å². The second-order valence-corrected chi connectivity index (χ2v) is 8.86. The maximum Gasteiger partial charge on any atom is 0.410 e. The highest BCUT2D eigenvalue weighted by molar-refractivity contribution is 6.05. The molecule has 3 aromatic rings. The second-order valence-electron chi connectivity index (χ2n) is 8.86. The van der Waals surface area contributed by atoms with E-state index in [4.69, 9.17) is 15.5 Å². The molecule has 1 aromatic carbocycles. The van der Waals surface area contributed by atoms with Gasteiger partial charge in [0.1, 0.15) is 11.1 Å². The van der Waals surface area contributed by atoms with Crippen molar-refractivity contribution < 1.29 is 14.3 Å². The van der Waals surface area contributed by atoms with Gasteiger partial charge >= 0.3 is 6.09 Å². The number of hydrogen-bond acceptors (Lipinski definition) is 5. The third-order valence-electron chi connectivity index (χ3n) is 5.42. The number of carbonyl (C=O) groups is 2. The van der Waals surface area contributed by atoms with Crippen LogP contribution in [-0.4, -0.2) is 50.8 Å². The van der Waals surface area contributed by atoms with Gasteiger partial charge in [-0.15, -0.1) is 0 Å². The summed E-state index contributed by atoms with van der Waals surface area (Å²) in [6, 6.07) is 11.4. The molecule has 8 heteroatoms. The number of primary amides is 1. The van der Waals surface area contributed by atoms with Crippen molar-refractivity contribution in [2.75, 3.05) is 13.1 Å². The zero-order chi connectivity index (χ0) is 22.2. The Kier molecular flexibility index (Phi) is 5.39. The van der Waals surface area contributed by atoms with Crippen molar-refractivity contribution in [3.05, 3.63) is 47.7 Å². The zero-order valence-corrected chi connectivity index (χ0v) is 18.0. The summed E-state index contributed by atoms with van der Waals surface area (Å²) in [5.41, 5.74) is 9.09. The van der Waals surface area contributed by atoms with Crippen molar-refractivity contribution in [2.24, 2.45) is 5.73 Å². The van der Waals surface area contributed by atoms with E-state index in [2.05, 4.69) is 10.2 Å². The number of piperidine rings is 1. The molecule has 1 saturated heterocycles. The zero-order valence-electron chi connectivity index (χ0n) is 18.0. The minimum Gasteiger partial charge on any atom is -0.444 e. The number of ether oxygens (including phenoxy) is 1. The summed E-state index contributed by atoms with van der Waals surface area (Å²) in [5, 5.41) is 7.46. The summed E-state index contributed by atoms with van der Waals surface area (Å²) in [4.78, 5) is 31.0. The van der Waals surface area contributed by atoms with Crippen LogP contribution < -0.4 is 5.73 Å². The second kappa shape index (κ2) is 8.02. The minimum atomic E-state index is -0.528. The molecule has 2 aromatic heterocycles. The first-order valence-corrected chi connectivity index (χ1v) is 10.4. The Morgan fingerprint density at radius 1 is 1.16 bits per heavy atom. The number of carbonyl (C=O) groups excluding carboxylic acids is 2. The molecule has 0 aliphatic carbocycles. The van der Waals surface area contributed by atoms with Gasteiger partial charge in [0.25, 0.3) is 5.91 Å². The van der Waals surface area contributed by atoms with Gasteiger partial charge in [0, 0.05) is 24.6 Å². The Morgan fingerprint density at radius 3 is 2.45 bits per heavy atom. The third-order valence-corrected chi connectivity index (χ3v) is 5.42. The fourth-order valence-corrected chi connectivity index (χ4v) is 3.91. The summed E-state index contributed by atoms with van der Waals surface area (Å²) in [7, 11) is 0. The first-order valence-electron chi connectivity index (χ1n) is 10.4. The van der Waals surface area contributed by atoms with Crippen molar-refractivity contribution in [3.8, 4) is 11.3 Å². The van der Waals surface area contributed by atoms with E-state index in [1.807, 2.05) is 51.1 Å². The molecule has 162 valence electrons. The number of benzene rings is 1. The Morgan fingerprint density at radius 2 is 1.84 bits per heavy atom. The van der Waals surface area contributed by atoms with E-state index in [1.165, 1.54) is 0 Å². The average Bonchev–Trinajstić information content (AvgIpc) is 3.16. The SMILES string of the molecule is CC(C)(C)OC(=O)N1CCC(c2n[nH]c3c(C(N)=O)cc(-c4ccccc4)nc23)CC1. The number of H-pyrrole nitrogens is 1. The maximum atomic E-state index is 12.4. The van der Waals surface area contributed by atoms with Crippen molar-refractivity contribution in [1.29, 1.82) is 0 Å². The van der Waals surface area contributed by atoms with Crippen molar-refractivity contribution >= 4 is 23.0 Å². The van der Waals surface area contributed by atoms with E-state index in [0.717, 1.165) is 24.1 Å². The number of rotatable bonds is 3. The molecular formula is C23H27N5O3. The monoisotopic (exact) mass is 421 g/mol. The lowest BCUT2D eigenvalue weighted by Crippen LogP contribution is -2.41. The van der Waals surface area contributed by atoms with Gasteiger partial charge < -0.3 is 15.4 Å². The molecule has 1 fully saturated rings. The number of amides is 2. The lowest BCUT2D eigenvalue weighted by atomic mass is 9.92. The van der Waals surface area contributed by atoms with Gasteiger partial charge in [0.15, 0.2) is 0 Å². The number of hydrogen-bond donors (Lipinski definition) is 2. The molecule has 4 rings (SSSR count). The summed E-state index contributed by atoms with van der Waals surface area (Å²) in [5.74, 6) is -0.411. The van der Waals surface area contributed by atoms with Gasteiger partial charge in [-0.05, 0) is 39.7 Å². The Labute approximate surface area is 180 Å². The smallest absolute Gasteiger partial charge is 0.410 e. The van der Waals surface area contributed by atoms with Crippen LogP contribution in [0.1, 0.15) is 55.6 Å². The predicted octanol–water partition coefficient (Wildman–Crippen LogP) is 3.84. The van der Waals surface area contributed by atoms with Crippen molar-refractivity contribution in [1.82, 2.24) is 20.1 Å². The van der Waals surface area contributed by atoms with Crippen molar-refractivity contribution in [2.45, 2.75) is 45.1 Å². The number of nitrogens with two attached hydrogens (primary N) is 1. The number of fused-ring (bicyclic) bond motifs is 1. The average molecular weight is 422 g/mol. The normalized spacial score (nSPS) is 15.3. The lowest BCUT2D eigenvalue weighted by Gasteiger charge is -2.32. The predicted molar refractivity (Wildman–Crippen MR) is 118 cm³/mol. The molecule has 0 radical (unpaired) electrons. The van der Waals surface area contributed by atoms with Gasteiger partial charge in [0.05, 0.1) is 22.5 Å². The molecule has 0 atom stereocenters. The first kappa shape index (κ1) is 20.8. The van der Waals surface area contributed by atoms with Crippen LogP contribution in [0.15, 0.2) is 36.4 Å². The van der Waals surface area contributed by atoms with Crippen LogP contribution in [0.25, 0.3) is 22.3 Å². The molecule has 31 heavy (non-hydrogen) atoms. The van der Waals surface area contributed by atoms with Crippen molar-refractivity contribution in [3.63, 3.8) is 0 Å². The van der Waals surface area contributed by atoms with E-state index in [1.54, 1.807) is 11.0 Å². The fourth-order valence-electron chi connectivity index (χ4n) is 3.91. The number of nitrogens with zero attached hydrogens (tertiary/aromatic N) is 3. The van der Waals surface area contributed by atoms with E-state index in [9.17, 15) is 9.59 Å². The molecule has 8 nitrogen and oxygen atoms in total. The van der Waals surface area contributed by atoms with Crippen LogP contribution >= 0.6 is 0 Å². The molecule has 2 amide bonds. The molecule has 1 aliphatic rings. The van der Waals surface area contributed by atoms with Gasteiger partial charge in [-0.2, -0.15) is 5.10 Å². The van der Waals surface area contributed by atoms with Crippen LogP contribution in [0.5, 0.6) is 0 Å².